The van der Waals surface area contributed by atoms with Crippen molar-refractivity contribution in [2.45, 2.75) is 39.7 Å². The summed E-state index contributed by atoms with van der Waals surface area (Å²) in [7, 11) is 0. The van der Waals surface area contributed by atoms with Crippen LogP contribution in [0, 0.1) is 20.8 Å². The van der Waals surface area contributed by atoms with E-state index in [0.29, 0.717) is 6.04 Å². The molecule has 3 heterocycles. The van der Waals surface area contributed by atoms with E-state index in [1.165, 1.54) is 6.42 Å². The third-order valence-corrected chi connectivity index (χ3v) is 3.80. The normalized spacial score (nSPS) is 19.1. The summed E-state index contributed by atoms with van der Waals surface area (Å²) in [5.74, 6) is 2.06. The second-order valence-corrected chi connectivity index (χ2v) is 5.20. The van der Waals surface area contributed by atoms with Crippen LogP contribution in [0.15, 0.2) is 12.4 Å². The molecule has 100 valence electrons. The Morgan fingerprint density at radius 3 is 2.79 bits per heavy atom. The van der Waals surface area contributed by atoms with E-state index in [9.17, 15) is 0 Å². The predicted molar refractivity (Wildman–Crippen MR) is 74.2 cm³/mol. The largest absolute Gasteiger partial charge is 0.346 e. The molecule has 0 spiro atoms. The average Bonchev–Trinajstić information content (AvgIpc) is 2.97. The number of nitrogens with one attached hydrogen (secondary N) is 1. The lowest BCUT2D eigenvalue weighted by atomic mass is 10.2. The molecule has 1 fully saturated rings. The molecule has 5 nitrogen and oxygen atoms in total. The minimum Gasteiger partial charge on any atom is -0.346 e. The molecule has 1 saturated heterocycles. The van der Waals surface area contributed by atoms with Crippen LogP contribution < -0.4 is 4.90 Å². The second-order valence-electron chi connectivity index (χ2n) is 5.20. The average molecular weight is 257 g/mol. The summed E-state index contributed by atoms with van der Waals surface area (Å²) < 4.78 is 0. The van der Waals surface area contributed by atoms with Gasteiger partial charge in [0, 0.05) is 24.0 Å². The van der Waals surface area contributed by atoms with Gasteiger partial charge >= 0.3 is 0 Å². The van der Waals surface area contributed by atoms with Gasteiger partial charge in [0.05, 0.1) is 11.7 Å². The molecule has 2 aromatic rings. The van der Waals surface area contributed by atoms with Gasteiger partial charge in [0.1, 0.15) is 18.0 Å². The van der Waals surface area contributed by atoms with E-state index >= 15 is 0 Å². The fourth-order valence-electron chi connectivity index (χ4n) is 2.66. The first-order valence-corrected chi connectivity index (χ1v) is 6.73. The minimum absolute atomic E-state index is 0.307. The molecule has 0 amide bonds. The summed E-state index contributed by atoms with van der Waals surface area (Å²) >= 11 is 0. The van der Waals surface area contributed by atoms with E-state index in [4.69, 9.17) is 0 Å². The van der Waals surface area contributed by atoms with E-state index in [2.05, 4.69) is 31.8 Å². The van der Waals surface area contributed by atoms with Crippen LogP contribution in [0.5, 0.6) is 0 Å². The number of H-pyrrole nitrogens is 1. The SMILES string of the molecule is Cc1cc(N2CCCC2c2nc(C)c(C)[nH]2)ncn1. The highest BCUT2D eigenvalue weighted by molar-refractivity contribution is 5.42. The summed E-state index contributed by atoms with van der Waals surface area (Å²) in [6, 6.07) is 2.35. The number of hydrogen-bond acceptors (Lipinski definition) is 4. The molecule has 0 bridgehead atoms. The van der Waals surface area contributed by atoms with Gasteiger partial charge in [0.25, 0.3) is 0 Å². The molecule has 1 atom stereocenters. The zero-order valence-electron chi connectivity index (χ0n) is 11.6. The molecule has 19 heavy (non-hydrogen) atoms. The number of rotatable bonds is 2. The molecule has 1 unspecified atom stereocenters. The molecule has 0 aliphatic carbocycles. The standard InChI is InChI=1S/C14H19N5/c1-9-7-13(16-8-15-9)19-6-4-5-12(19)14-17-10(2)11(3)18-14/h7-8,12H,4-6H2,1-3H3,(H,17,18). The van der Waals surface area contributed by atoms with Gasteiger partial charge < -0.3 is 9.88 Å². The van der Waals surface area contributed by atoms with Crippen LogP contribution in [0.4, 0.5) is 5.82 Å². The minimum atomic E-state index is 0.307. The Balaban J connectivity index is 1.93. The van der Waals surface area contributed by atoms with Gasteiger partial charge in [-0.1, -0.05) is 0 Å². The van der Waals surface area contributed by atoms with Crippen LogP contribution in [-0.2, 0) is 0 Å². The van der Waals surface area contributed by atoms with Crippen molar-refractivity contribution in [3.05, 3.63) is 35.3 Å². The van der Waals surface area contributed by atoms with Crippen molar-refractivity contribution >= 4 is 5.82 Å². The zero-order chi connectivity index (χ0) is 13.4. The molecular weight excluding hydrogens is 238 g/mol. The number of aromatic amines is 1. The maximum atomic E-state index is 4.65. The number of hydrogen-bond donors (Lipinski definition) is 1. The van der Waals surface area contributed by atoms with Crippen molar-refractivity contribution in [1.82, 2.24) is 19.9 Å². The highest BCUT2D eigenvalue weighted by Gasteiger charge is 2.29. The number of nitrogens with zero attached hydrogens (tertiary/aromatic N) is 4. The highest BCUT2D eigenvalue weighted by atomic mass is 15.3. The Bertz CT molecular complexity index is 570. The van der Waals surface area contributed by atoms with Crippen LogP contribution >= 0.6 is 0 Å². The van der Waals surface area contributed by atoms with Crippen molar-refractivity contribution in [2.75, 3.05) is 11.4 Å². The smallest absolute Gasteiger partial charge is 0.132 e. The molecule has 0 aromatic carbocycles. The van der Waals surface area contributed by atoms with Gasteiger partial charge in [-0.2, -0.15) is 0 Å². The van der Waals surface area contributed by atoms with Gasteiger partial charge in [-0.25, -0.2) is 15.0 Å². The summed E-state index contributed by atoms with van der Waals surface area (Å²) in [5, 5.41) is 0. The van der Waals surface area contributed by atoms with Crippen molar-refractivity contribution in [2.24, 2.45) is 0 Å². The Morgan fingerprint density at radius 1 is 1.26 bits per heavy atom. The van der Waals surface area contributed by atoms with Gasteiger partial charge in [-0.05, 0) is 33.6 Å². The fraction of sp³-hybridized carbons (Fsp3) is 0.500. The van der Waals surface area contributed by atoms with Gasteiger partial charge in [-0.3, -0.25) is 0 Å². The maximum absolute atomic E-state index is 4.65. The summed E-state index contributed by atoms with van der Waals surface area (Å²) in [6.07, 6.45) is 3.93. The summed E-state index contributed by atoms with van der Waals surface area (Å²) in [5.41, 5.74) is 3.24. The number of anilines is 1. The molecule has 2 aromatic heterocycles. The first kappa shape index (κ1) is 12.1. The Morgan fingerprint density at radius 2 is 2.11 bits per heavy atom. The van der Waals surface area contributed by atoms with Gasteiger partial charge in [0.15, 0.2) is 0 Å². The molecule has 1 aliphatic heterocycles. The summed E-state index contributed by atoms with van der Waals surface area (Å²) in [6.45, 7) is 7.14. The van der Waals surface area contributed by atoms with E-state index < -0.39 is 0 Å². The number of aromatic nitrogens is 4. The van der Waals surface area contributed by atoms with E-state index in [-0.39, 0.29) is 0 Å². The second kappa shape index (κ2) is 4.64. The van der Waals surface area contributed by atoms with Crippen molar-refractivity contribution < 1.29 is 0 Å². The maximum Gasteiger partial charge on any atom is 0.132 e. The molecule has 0 saturated carbocycles. The lowest BCUT2D eigenvalue weighted by molar-refractivity contribution is 0.667. The fourth-order valence-corrected chi connectivity index (χ4v) is 2.66. The van der Waals surface area contributed by atoms with E-state index in [0.717, 1.165) is 41.7 Å². The number of imidazole rings is 1. The predicted octanol–water partition coefficient (Wildman–Crippen LogP) is 2.47. The van der Waals surface area contributed by atoms with Gasteiger partial charge in [-0.15, -0.1) is 0 Å². The quantitative estimate of drug-likeness (QED) is 0.898. The Labute approximate surface area is 113 Å². The van der Waals surface area contributed by atoms with Crippen molar-refractivity contribution in [1.29, 1.82) is 0 Å². The van der Waals surface area contributed by atoms with Crippen LogP contribution in [0.1, 0.15) is 41.8 Å². The first-order chi connectivity index (χ1) is 9.15. The van der Waals surface area contributed by atoms with Gasteiger partial charge in [0.2, 0.25) is 0 Å². The van der Waals surface area contributed by atoms with E-state index in [1.807, 2.05) is 19.9 Å². The molecule has 3 rings (SSSR count). The molecule has 1 aliphatic rings. The molecule has 0 radical (unpaired) electrons. The van der Waals surface area contributed by atoms with E-state index in [1.54, 1.807) is 6.33 Å². The van der Waals surface area contributed by atoms with Crippen molar-refractivity contribution in [3.8, 4) is 0 Å². The Hall–Kier alpha value is -1.91. The van der Waals surface area contributed by atoms with Crippen LogP contribution in [0.25, 0.3) is 0 Å². The molecular formula is C14H19N5. The molecule has 1 N–H and O–H groups in total. The van der Waals surface area contributed by atoms with Crippen LogP contribution in [0.2, 0.25) is 0 Å². The van der Waals surface area contributed by atoms with Crippen molar-refractivity contribution in [3.63, 3.8) is 0 Å². The Kier molecular flexibility index (Phi) is 2.97. The topological polar surface area (TPSA) is 57.7 Å². The molecule has 5 heteroatoms. The first-order valence-electron chi connectivity index (χ1n) is 6.73. The van der Waals surface area contributed by atoms with Crippen LogP contribution in [0.3, 0.4) is 0 Å². The number of aryl methyl sites for hydroxylation is 3. The third kappa shape index (κ3) is 2.20. The van der Waals surface area contributed by atoms with Crippen LogP contribution in [-0.4, -0.2) is 26.5 Å². The highest BCUT2D eigenvalue weighted by Crippen LogP contribution is 2.34. The summed E-state index contributed by atoms with van der Waals surface area (Å²) in [4.78, 5) is 18.9. The third-order valence-electron chi connectivity index (χ3n) is 3.80. The monoisotopic (exact) mass is 257 g/mol. The zero-order valence-corrected chi connectivity index (χ0v) is 11.6. The lowest BCUT2D eigenvalue weighted by Crippen LogP contribution is -2.24. The lowest BCUT2D eigenvalue weighted by Gasteiger charge is -2.24.